The summed E-state index contributed by atoms with van der Waals surface area (Å²) in [5.74, 6) is -0.388. The third-order valence-corrected chi connectivity index (χ3v) is 3.41. The lowest BCUT2D eigenvalue weighted by atomic mass is 10.2. The number of nitrogens with two attached hydrogens (primary N) is 1. The molecular formula is C12H12BrFN2. The van der Waals surface area contributed by atoms with E-state index < -0.39 is 0 Å². The smallest absolute Gasteiger partial charge is 0.148 e. The van der Waals surface area contributed by atoms with Crippen LogP contribution in [0.15, 0.2) is 28.7 Å². The van der Waals surface area contributed by atoms with E-state index in [0.717, 1.165) is 21.5 Å². The van der Waals surface area contributed by atoms with Gasteiger partial charge in [-0.15, -0.1) is 0 Å². The Kier molecular flexibility index (Phi) is 2.76. The Morgan fingerprint density at radius 1 is 1.25 bits per heavy atom. The van der Waals surface area contributed by atoms with Crippen LogP contribution in [0.2, 0.25) is 0 Å². The first-order valence-electron chi connectivity index (χ1n) is 4.90. The largest absolute Gasteiger partial charge is 0.396 e. The monoisotopic (exact) mass is 282 g/mol. The third kappa shape index (κ3) is 1.73. The van der Waals surface area contributed by atoms with Crippen LogP contribution in [0.4, 0.5) is 10.1 Å². The minimum absolute atomic E-state index is 0.172. The van der Waals surface area contributed by atoms with Crippen LogP contribution in [0.3, 0.4) is 0 Å². The molecule has 2 aromatic rings. The molecule has 0 saturated heterocycles. The molecule has 0 amide bonds. The van der Waals surface area contributed by atoms with Crippen molar-refractivity contribution < 1.29 is 4.39 Å². The van der Waals surface area contributed by atoms with Gasteiger partial charge in [-0.3, -0.25) is 0 Å². The molecule has 0 aliphatic rings. The maximum atomic E-state index is 13.4. The van der Waals surface area contributed by atoms with Crippen molar-refractivity contribution >= 4 is 21.6 Å². The van der Waals surface area contributed by atoms with E-state index in [9.17, 15) is 4.39 Å². The lowest BCUT2D eigenvalue weighted by molar-refractivity contribution is 0.631. The van der Waals surface area contributed by atoms with Gasteiger partial charge in [-0.05, 0) is 54.0 Å². The van der Waals surface area contributed by atoms with Crippen LogP contribution in [0.5, 0.6) is 0 Å². The molecule has 2 nitrogen and oxygen atoms in total. The van der Waals surface area contributed by atoms with Crippen LogP contribution in [0.25, 0.3) is 5.69 Å². The first kappa shape index (κ1) is 11.2. The summed E-state index contributed by atoms with van der Waals surface area (Å²) in [4.78, 5) is 0. The zero-order valence-electron chi connectivity index (χ0n) is 9.09. The molecule has 16 heavy (non-hydrogen) atoms. The number of nitrogen functional groups attached to an aromatic ring is 1. The van der Waals surface area contributed by atoms with Gasteiger partial charge in [0.1, 0.15) is 5.82 Å². The number of hydrogen-bond donors (Lipinski definition) is 1. The molecule has 0 fully saturated rings. The van der Waals surface area contributed by atoms with Crippen molar-refractivity contribution in [1.29, 1.82) is 0 Å². The summed E-state index contributed by atoms with van der Waals surface area (Å²) in [7, 11) is 0. The first-order valence-corrected chi connectivity index (χ1v) is 5.70. The van der Waals surface area contributed by atoms with Gasteiger partial charge in [0.15, 0.2) is 0 Å². The zero-order chi connectivity index (χ0) is 11.9. The molecule has 2 N–H and O–H groups in total. The number of halogens is 2. The van der Waals surface area contributed by atoms with E-state index in [1.165, 1.54) is 6.07 Å². The molecule has 0 spiro atoms. The van der Waals surface area contributed by atoms with Crippen molar-refractivity contribution in [2.75, 3.05) is 5.73 Å². The lowest BCUT2D eigenvalue weighted by Gasteiger charge is -2.10. The number of benzene rings is 1. The van der Waals surface area contributed by atoms with Crippen molar-refractivity contribution in [1.82, 2.24) is 4.57 Å². The Morgan fingerprint density at radius 2 is 1.94 bits per heavy atom. The molecule has 0 unspecified atom stereocenters. The quantitative estimate of drug-likeness (QED) is 0.797. The normalized spacial score (nSPS) is 10.8. The number of hydrogen-bond acceptors (Lipinski definition) is 1. The van der Waals surface area contributed by atoms with Gasteiger partial charge < -0.3 is 10.3 Å². The Bertz CT molecular complexity index is 546. The van der Waals surface area contributed by atoms with Crippen LogP contribution in [0.1, 0.15) is 11.4 Å². The number of aromatic nitrogens is 1. The van der Waals surface area contributed by atoms with Gasteiger partial charge in [-0.2, -0.15) is 0 Å². The topological polar surface area (TPSA) is 30.9 Å². The zero-order valence-corrected chi connectivity index (χ0v) is 10.7. The maximum Gasteiger partial charge on any atom is 0.148 e. The van der Waals surface area contributed by atoms with E-state index in [-0.39, 0.29) is 11.5 Å². The molecule has 1 aromatic carbocycles. The summed E-state index contributed by atoms with van der Waals surface area (Å²) in [5, 5.41) is 0. The molecule has 0 atom stereocenters. The summed E-state index contributed by atoms with van der Waals surface area (Å²) >= 11 is 3.46. The SMILES string of the molecule is Cc1cc(Br)c(C)n1-c1ccc(N)c(F)c1. The fourth-order valence-corrected chi connectivity index (χ4v) is 2.28. The second-order valence-electron chi connectivity index (χ2n) is 3.76. The molecule has 0 saturated carbocycles. The van der Waals surface area contributed by atoms with E-state index >= 15 is 0 Å². The van der Waals surface area contributed by atoms with Gasteiger partial charge in [0.25, 0.3) is 0 Å². The fraction of sp³-hybridized carbons (Fsp3) is 0.167. The molecular weight excluding hydrogens is 271 g/mol. The van der Waals surface area contributed by atoms with E-state index in [2.05, 4.69) is 15.9 Å². The molecule has 0 aliphatic carbocycles. The van der Waals surface area contributed by atoms with Crippen molar-refractivity contribution in [3.05, 3.63) is 45.9 Å². The highest BCUT2D eigenvalue weighted by Gasteiger charge is 2.09. The predicted octanol–water partition coefficient (Wildman–Crippen LogP) is 3.58. The first-order chi connectivity index (χ1) is 7.50. The molecule has 84 valence electrons. The maximum absolute atomic E-state index is 13.4. The van der Waals surface area contributed by atoms with Gasteiger partial charge in [-0.1, -0.05) is 0 Å². The van der Waals surface area contributed by atoms with Crippen molar-refractivity contribution in [3.63, 3.8) is 0 Å². The Morgan fingerprint density at radius 3 is 2.44 bits per heavy atom. The Balaban J connectivity index is 2.63. The highest BCUT2D eigenvalue weighted by molar-refractivity contribution is 9.10. The van der Waals surface area contributed by atoms with Gasteiger partial charge in [0.05, 0.1) is 5.69 Å². The molecule has 1 heterocycles. The summed E-state index contributed by atoms with van der Waals surface area (Å²) in [6, 6.07) is 6.84. The number of aryl methyl sites for hydroxylation is 1. The van der Waals surface area contributed by atoms with Crippen LogP contribution < -0.4 is 5.73 Å². The predicted molar refractivity (Wildman–Crippen MR) is 67.3 cm³/mol. The summed E-state index contributed by atoms with van der Waals surface area (Å²) in [6.07, 6.45) is 0. The third-order valence-electron chi connectivity index (χ3n) is 2.61. The van der Waals surface area contributed by atoms with Crippen LogP contribution in [-0.2, 0) is 0 Å². The lowest BCUT2D eigenvalue weighted by Crippen LogP contribution is -2.00. The molecule has 0 aliphatic heterocycles. The fourth-order valence-electron chi connectivity index (χ4n) is 1.78. The van der Waals surface area contributed by atoms with Crippen LogP contribution >= 0.6 is 15.9 Å². The van der Waals surface area contributed by atoms with Crippen LogP contribution in [-0.4, -0.2) is 4.57 Å². The van der Waals surface area contributed by atoms with E-state index in [1.54, 1.807) is 6.07 Å². The minimum Gasteiger partial charge on any atom is -0.396 e. The number of rotatable bonds is 1. The second-order valence-corrected chi connectivity index (χ2v) is 4.61. The van der Waals surface area contributed by atoms with Crippen molar-refractivity contribution in [2.24, 2.45) is 0 Å². The Hall–Kier alpha value is -1.29. The van der Waals surface area contributed by atoms with Gasteiger partial charge >= 0.3 is 0 Å². The van der Waals surface area contributed by atoms with Crippen LogP contribution in [0, 0.1) is 19.7 Å². The average Bonchev–Trinajstić information content (AvgIpc) is 2.47. The molecule has 0 radical (unpaired) electrons. The summed E-state index contributed by atoms with van der Waals surface area (Å²) in [6.45, 7) is 3.96. The average molecular weight is 283 g/mol. The minimum atomic E-state index is -0.388. The number of anilines is 1. The van der Waals surface area contributed by atoms with E-state index in [4.69, 9.17) is 5.73 Å². The van der Waals surface area contributed by atoms with Crippen molar-refractivity contribution in [2.45, 2.75) is 13.8 Å². The van der Waals surface area contributed by atoms with Gasteiger partial charge in [-0.25, -0.2) is 4.39 Å². The standard InChI is InChI=1S/C12H12BrFN2/c1-7-5-10(13)8(2)16(7)9-3-4-12(15)11(14)6-9/h3-6H,15H2,1-2H3. The highest BCUT2D eigenvalue weighted by atomic mass is 79.9. The highest BCUT2D eigenvalue weighted by Crippen LogP contribution is 2.26. The second kappa shape index (κ2) is 3.94. The molecule has 1 aromatic heterocycles. The molecule has 4 heteroatoms. The number of nitrogens with zero attached hydrogens (tertiary/aromatic N) is 1. The summed E-state index contributed by atoms with van der Waals surface area (Å²) in [5.41, 5.74) is 8.50. The van der Waals surface area contributed by atoms with Gasteiger partial charge in [0.2, 0.25) is 0 Å². The Labute approximate surface area is 102 Å². The summed E-state index contributed by atoms with van der Waals surface area (Å²) < 4.78 is 16.4. The van der Waals surface area contributed by atoms with Gasteiger partial charge in [0, 0.05) is 21.5 Å². The molecule has 2 rings (SSSR count). The van der Waals surface area contributed by atoms with E-state index in [1.807, 2.05) is 30.5 Å². The van der Waals surface area contributed by atoms with Crippen molar-refractivity contribution in [3.8, 4) is 5.69 Å². The van der Waals surface area contributed by atoms with E-state index in [0.29, 0.717) is 0 Å². The molecule has 0 bridgehead atoms.